The van der Waals surface area contributed by atoms with Gasteiger partial charge in [0.25, 0.3) is 0 Å². The number of methoxy groups -OCH3 is 2. The predicted octanol–water partition coefficient (Wildman–Crippen LogP) is 9.23. The molecule has 10 nitrogen and oxygen atoms in total. The van der Waals surface area contributed by atoms with Crippen LogP contribution in [0.1, 0.15) is 150 Å². The Morgan fingerprint density at radius 2 is 1.06 bits per heavy atom. The molecule has 0 aromatic heterocycles. The Labute approximate surface area is 367 Å². The van der Waals surface area contributed by atoms with Crippen LogP contribution < -0.4 is 0 Å². The van der Waals surface area contributed by atoms with Crippen LogP contribution in [0.25, 0.3) is 22.3 Å². The lowest BCUT2D eigenvalue weighted by Gasteiger charge is -2.30. The van der Waals surface area contributed by atoms with Gasteiger partial charge in [-0.15, -0.1) is 0 Å². The lowest BCUT2D eigenvalue weighted by atomic mass is 9.79. The summed E-state index contributed by atoms with van der Waals surface area (Å²) in [5.41, 5.74) is 16.1. The highest BCUT2D eigenvalue weighted by Gasteiger charge is 2.44. The summed E-state index contributed by atoms with van der Waals surface area (Å²) in [4.78, 5) is 66.4. The molecule has 2 amide bonds. The zero-order chi connectivity index (χ0) is 43.4. The smallest absolute Gasteiger partial charge is 0.306 e. The number of aliphatic imine (C=N–C) groups is 2. The minimum Gasteiger partial charge on any atom is -0.469 e. The number of amides is 2. The maximum atomic E-state index is 13.9. The SMILES string of the molecule is COC(=O)C[C@H](C(=O)N1CCC[C@H]1C1=NC=C(c2ccc(-c3ccc(C4=CN=C([C@@H]5CCCN5C(=O)[C@@H](CC(=O)OC)C(C)C)C4)c4c3C3CCC4C3)c3c2CCC3)C1)C(C)C. The first-order valence-corrected chi connectivity index (χ1v) is 23.6. The Hall–Kier alpha value is -4.86. The van der Waals surface area contributed by atoms with Crippen LogP contribution in [0.15, 0.2) is 46.7 Å². The van der Waals surface area contributed by atoms with Crippen LogP contribution in [-0.2, 0) is 41.5 Å². The van der Waals surface area contributed by atoms with Gasteiger partial charge in [0.15, 0.2) is 0 Å². The van der Waals surface area contributed by atoms with Crippen LogP contribution in [0.5, 0.6) is 0 Å². The fourth-order valence-electron chi connectivity index (χ4n) is 12.3. The largest absolute Gasteiger partial charge is 0.469 e. The van der Waals surface area contributed by atoms with Gasteiger partial charge in [-0.3, -0.25) is 29.2 Å². The van der Waals surface area contributed by atoms with Crippen molar-refractivity contribution in [3.05, 3.63) is 70.0 Å². The normalized spacial score (nSPS) is 24.6. The number of hydrogen-bond donors (Lipinski definition) is 0. The fourth-order valence-corrected chi connectivity index (χ4v) is 12.3. The van der Waals surface area contributed by atoms with Gasteiger partial charge in [-0.25, -0.2) is 0 Å². The molecular weight excluding hydrogens is 777 g/mol. The third kappa shape index (κ3) is 7.57. The van der Waals surface area contributed by atoms with Crippen LogP contribution in [0.2, 0.25) is 0 Å². The number of allylic oxidation sites excluding steroid dienone is 2. The van der Waals surface area contributed by atoms with Crippen molar-refractivity contribution in [2.75, 3.05) is 27.3 Å². The minimum absolute atomic E-state index is 0.0358. The zero-order valence-corrected chi connectivity index (χ0v) is 37.6. The standard InChI is InChI=1S/C52H64N4O6/c1-29(2)41(25-47(57)61-5)51(59)55-20-8-12-45(55)43-23-33(27-53-43)35-16-18-39(38-11-7-10-37(35)38)40-19-17-36(49-31-14-15-32(22-31)50(40)49)34-24-44(54-28-34)46-13-9-21-56(46)52(60)42(30(3)4)26-48(58)62-6/h16-19,27-32,41-42,45-46H,7-15,20-26H2,1-6H3/t31?,32?,41-,42-,45-,46-/m0/s1. The molecule has 2 saturated heterocycles. The lowest BCUT2D eigenvalue weighted by molar-refractivity contribution is -0.148. The van der Waals surface area contributed by atoms with Gasteiger partial charge in [-0.1, -0.05) is 52.0 Å². The second kappa shape index (κ2) is 17.4. The number of ether oxygens (including phenoxy) is 2. The Bertz CT molecular complexity index is 2300. The highest BCUT2D eigenvalue weighted by molar-refractivity contribution is 6.05. The van der Waals surface area contributed by atoms with Gasteiger partial charge in [0.1, 0.15) is 0 Å². The second-order valence-electron chi connectivity index (χ2n) is 19.7. The van der Waals surface area contributed by atoms with Crippen LogP contribution in [0.4, 0.5) is 0 Å². The summed E-state index contributed by atoms with van der Waals surface area (Å²) >= 11 is 0. The number of hydrogen-bond acceptors (Lipinski definition) is 8. The van der Waals surface area contributed by atoms with Crippen molar-refractivity contribution >= 4 is 46.3 Å². The Kier molecular flexibility index (Phi) is 11.9. The highest BCUT2D eigenvalue weighted by Crippen LogP contribution is 2.58. The summed E-state index contributed by atoms with van der Waals surface area (Å²) in [7, 11) is 2.77. The molecule has 62 heavy (non-hydrogen) atoms. The van der Waals surface area contributed by atoms with Crippen LogP contribution in [-0.4, -0.2) is 84.4 Å². The summed E-state index contributed by atoms with van der Waals surface area (Å²) in [6.07, 6.45) is 16.5. The van der Waals surface area contributed by atoms with E-state index in [9.17, 15) is 19.2 Å². The van der Waals surface area contributed by atoms with Gasteiger partial charge in [0, 0.05) is 49.8 Å². The quantitative estimate of drug-likeness (QED) is 0.186. The first-order valence-electron chi connectivity index (χ1n) is 23.6. The van der Waals surface area contributed by atoms with Crippen molar-refractivity contribution < 1.29 is 28.7 Å². The van der Waals surface area contributed by atoms with Crippen LogP contribution >= 0.6 is 0 Å². The zero-order valence-electron chi connectivity index (χ0n) is 37.6. The molecule has 328 valence electrons. The third-order valence-electron chi connectivity index (χ3n) is 15.6. The Morgan fingerprint density at radius 3 is 1.58 bits per heavy atom. The number of nitrogens with zero attached hydrogens (tertiary/aromatic N) is 4. The molecule has 0 radical (unpaired) electrons. The monoisotopic (exact) mass is 840 g/mol. The molecule has 7 aliphatic rings. The molecule has 10 heteroatoms. The third-order valence-corrected chi connectivity index (χ3v) is 15.6. The van der Waals surface area contributed by atoms with E-state index < -0.39 is 11.8 Å². The molecule has 2 bridgehead atoms. The number of fused-ring (bicyclic) bond motifs is 6. The molecule has 3 aliphatic carbocycles. The average molecular weight is 841 g/mol. The molecule has 2 aromatic rings. The molecule has 2 aromatic carbocycles. The number of rotatable bonds is 13. The predicted molar refractivity (Wildman–Crippen MR) is 243 cm³/mol. The van der Waals surface area contributed by atoms with E-state index in [1.165, 1.54) is 83.6 Å². The van der Waals surface area contributed by atoms with Crippen molar-refractivity contribution in [2.45, 2.75) is 142 Å². The number of carbonyl (C=O) groups is 4. The molecular formula is C52H64N4O6. The molecule has 4 heterocycles. The van der Waals surface area contributed by atoms with Crippen molar-refractivity contribution in [2.24, 2.45) is 33.7 Å². The molecule has 1 saturated carbocycles. The van der Waals surface area contributed by atoms with Crippen LogP contribution in [0.3, 0.4) is 0 Å². The summed E-state index contributed by atoms with van der Waals surface area (Å²) in [5.74, 6) is -0.182. The van der Waals surface area contributed by atoms with E-state index in [1.54, 1.807) is 5.56 Å². The lowest BCUT2D eigenvalue weighted by Crippen LogP contribution is -2.45. The first kappa shape index (κ1) is 42.4. The summed E-state index contributed by atoms with van der Waals surface area (Å²) in [5, 5.41) is 0. The van der Waals surface area contributed by atoms with E-state index in [4.69, 9.17) is 19.5 Å². The first-order chi connectivity index (χ1) is 30.0. The van der Waals surface area contributed by atoms with Crippen LogP contribution in [0, 0.1) is 23.7 Å². The molecule has 6 atom stereocenters. The summed E-state index contributed by atoms with van der Waals surface area (Å²) in [6.45, 7) is 9.43. The number of esters is 2. The van der Waals surface area contributed by atoms with Crippen molar-refractivity contribution in [3.63, 3.8) is 0 Å². The molecule has 4 aliphatic heterocycles. The Morgan fingerprint density at radius 1 is 0.613 bits per heavy atom. The molecule has 2 unspecified atom stereocenters. The second-order valence-corrected chi connectivity index (χ2v) is 19.7. The van der Waals surface area contributed by atoms with E-state index in [-0.39, 0.29) is 60.5 Å². The van der Waals surface area contributed by atoms with Gasteiger partial charge in [-0.2, -0.15) is 0 Å². The number of carbonyl (C=O) groups excluding carboxylic acids is 4. The highest BCUT2D eigenvalue weighted by atomic mass is 16.5. The van der Waals surface area contributed by atoms with Crippen molar-refractivity contribution in [3.8, 4) is 11.1 Å². The Balaban J connectivity index is 0.936. The maximum absolute atomic E-state index is 13.9. The van der Waals surface area contributed by atoms with Gasteiger partial charge < -0.3 is 19.3 Å². The maximum Gasteiger partial charge on any atom is 0.306 e. The average Bonchev–Trinajstić information content (AvgIpc) is 4.12. The fraction of sp³-hybridized carbons (Fsp3) is 0.577. The van der Waals surface area contributed by atoms with Gasteiger partial charge in [0.05, 0.1) is 51.0 Å². The van der Waals surface area contributed by atoms with Gasteiger partial charge >= 0.3 is 11.9 Å². The number of benzene rings is 2. The van der Waals surface area contributed by atoms with Crippen molar-refractivity contribution in [1.29, 1.82) is 0 Å². The van der Waals surface area contributed by atoms with Gasteiger partial charge in [-0.05, 0) is 144 Å². The van der Waals surface area contributed by atoms with E-state index in [1.807, 2.05) is 37.5 Å². The van der Waals surface area contributed by atoms with E-state index >= 15 is 0 Å². The number of likely N-dealkylation sites (tertiary alicyclic amines) is 2. The molecule has 3 fully saturated rings. The van der Waals surface area contributed by atoms with E-state index in [0.29, 0.717) is 24.9 Å². The topological polar surface area (TPSA) is 118 Å². The minimum atomic E-state index is -0.399. The van der Waals surface area contributed by atoms with Gasteiger partial charge in [0.2, 0.25) is 11.8 Å². The molecule has 0 spiro atoms. The van der Waals surface area contributed by atoms with E-state index in [0.717, 1.165) is 69.2 Å². The summed E-state index contributed by atoms with van der Waals surface area (Å²) in [6, 6.07) is 9.44. The molecule has 0 N–H and O–H groups in total. The van der Waals surface area contributed by atoms with Crippen molar-refractivity contribution in [1.82, 2.24) is 9.80 Å². The summed E-state index contributed by atoms with van der Waals surface area (Å²) < 4.78 is 9.91. The van der Waals surface area contributed by atoms with E-state index in [2.05, 4.69) is 36.7 Å². The molecule has 9 rings (SSSR count).